The van der Waals surface area contributed by atoms with Crippen molar-refractivity contribution in [3.63, 3.8) is 0 Å². The van der Waals surface area contributed by atoms with Crippen molar-refractivity contribution in [2.45, 2.75) is 12.5 Å². The van der Waals surface area contributed by atoms with E-state index in [0.717, 1.165) is 21.4 Å². The predicted molar refractivity (Wildman–Crippen MR) is 87.5 cm³/mol. The highest BCUT2D eigenvalue weighted by Gasteiger charge is 2.15. The van der Waals surface area contributed by atoms with Gasteiger partial charge in [0.25, 0.3) is 0 Å². The summed E-state index contributed by atoms with van der Waals surface area (Å²) in [6.45, 7) is 0. The molecule has 1 aromatic heterocycles. The molecule has 0 aliphatic carbocycles. The Morgan fingerprint density at radius 1 is 1.24 bits per heavy atom. The van der Waals surface area contributed by atoms with Gasteiger partial charge in [-0.2, -0.15) is 0 Å². The van der Waals surface area contributed by atoms with Gasteiger partial charge in [-0.1, -0.05) is 24.3 Å². The smallest absolute Gasteiger partial charge is 0.134 e. The minimum Gasteiger partial charge on any atom is -0.497 e. The lowest BCUT2D eigenvalue weighted by Gasteiger charge is -2.13. The lowest BCUT2D eigenvalue weighted by atomic mass is 9.98. The first-order valence-electron chi connectivity index (χ1n) is 6.73. The van der Waals surface area contributed by atoms with E-state index in [1.807, 2.05) is 18.2 Å². The van der Waals surface area contributed by atoms with E-state index >= 15 is 0 Å². The van der Waals surface area contributed by atoms with Crippen LogP contribution < -0.4 is 10.5 Å². The van der Waals surface area contributed by atoms with E-state index in [1.54, 1.807) is 13.4 Å². The molecule has 3 rings (SSSR count). The Morgan fingerprint density at radius 2 is 2.10 bits per heavy atom. The van der Waals surface area contributed by atoms with Crippen LogP contribution in [0.3, 0.4) is 0 Å². The summed E-state index contributed by atoms with van der Waals surface area (Å²) in [4.78, 5) is 0. The first-order valence-corrected chi connectivity index (χ1v) is 7.52. The van der Waals surface area contributed by atoms with Gasteiger partial charge < -0.3 is 14.9 Å². The number of rotatable bonds is 4. The Kier molecular flexibility index (Phi) is 3.99. The molecule has 0 bridgehead atoms. The van der Waals surface area contributed by atoms with Crippen LogP contribution in [0.5, 0.6) is 5.75 Å². The summed E-state index contributed by atoms with van der Waals surface area (Å²) in [5, 5.41) is 2.34. The van der Waals surface area contributed by atoms with E-state index in [1.165, 1.54) is 10.9 Å². The molecule has 0 fully saturated rings. The van der Waals surface area contributed by atoms with Crippen molar-refractivity contribution in [3.05, 3.63) is 64.5 Å². The molecular weight excluding hydrogens is 330 g/mol. The summed E-state index contributed by atoms with van der Waals surface area (Å²) in [5.74, 6) is 1.62. The Bertz CT molecular complexity index is 766. The molecule has 21 heavy (non-hydrogen) atoms. The number of nitrogens with two attached hydrogens (primary N) is 1. The molecule has 1 unspecified atom stereocenters. The number of halogens is 1. The van der Waals surface area contributed by atoms with Gasteiger partial charge in [-0.15, -0.1) is 0 Å². The third kappa shape index (κ3) is 2.82. The van der Waals surface area contributed by atoms with Crippen molar-refractivity contribution < 1.29 is 9.15 Å². The Labute approximate surface area is 131 Å². The van der Waals surface area contributed by atoms with Crippen LogP contribution in [0.1, 0.15) is 17.4 Å². The maximum Gasteiger partial charge on any atom is 0.134 e. The van der Waals surface area contributed by atoms with Gasteiger partial charge in [-0.3, -0.25) is 0 Å². The van der Waals surface area contributed by atoms with Crippen molar-refractivity contribution in [1.82, 2.24) is 0 Å². The summed E-state index contributed by atoms with van der Waals surface area (Å²) in [5.41, 5.74) is 7.46. The SMILES string of the molecule is COc1ccc2cccc(CC(N)c3occc3Br)c2c1. The molecule has 4 heteroatoms. The quantitative estimate of drug-likeness (QED) is 0.759. The third-order valence-electron chi connectivity index (χ3n) is 3.60. The highest BCUT2D eigenvalue weighted by atomic mass is 79.9. The lowest BCUT2D eigenvalue weighted by Crippen LogP contribution is -2.13. The fraction of sp³-hybridized carbons (Fsp3) is 0.176. The molecule has 3 aromatic rings. The highest BCUT2D eigenvalue weighted by Crippen LogP contribution is 2.29. The molecule has 1 atom stereocenters. The zero-order valence-electron chi connectivity index (χ0n) is 11.7. The van der Waals surface area contributed by atoms with E-state index in [0.29, 0.717) is 6.42 Å². The fourth-order valence-electron chi connectivity index (χ4n) is 2.52. The molecule has 3 nitrogen and oxygen atoms in total. The van der Waals surface area contributed by atoms with Crippen LogP contribution in [0, 0.1) is 0 Å². The number of ether oxygens (including phenoxy) is 1. The molecule has 0 amide bonds. The number of hydrogen-bond donors (Lipinski definition) is 1. The normalized spacial score (nSPS) is 12.5. The zero-order valence-corrected chi connectivity index (χ0v) is 13.3. The van der Waals surface area contributed by atoms with Gasteiger partial charge in [0.1, 0.15) is 11.5 Å². The first-order chi connectivity index (χ1) is 10.2. The maximum atomic E-state index is 6.28. The number of methoxy groups -OCH3 is 1. The molecule has 0 spiro atoms. The van der Waals surface area contributed by atoms with Crippen molar-refractivity contribution in [3.8, 4) is 5.75 Å². The second-order valence-corrected chi connectivity index (χ2v) is 5.80. The summed E-state index contributed by atoms with van der Waals surface area (Å²) in [7, 11) is 1.68. The monoisotopic (exact) mass is 345 g/mol. The van der Waals surface area contributed by atoms with E-state index in [-0.39, 0.29) is 6.04 Å². The van der Waals surface area contributed by atoms with Crippen molar-refractivity contribution in [1.29, 1.82) is 0 Å². The van der Waals surface area contributed by atoms with E-state index < -0.39 is 0 Å². The van der Waals surface area contributed by atoms with Gasteiger partial charge in [0.05, 0.1) is 23.9 Å². The molecule has 0 saturated carbocycles. The minimum atomic E-state index is -0.189. The van der Waals surface area contributed by atoms with Crippen molar-refractivity contribution in [2.75, 3.05) is 7.11 Å². The summed E-state index contributed by atoms with van der Waals surface area (Å²) < 4.78 is 11.7. The average Bonchev–Trinajstić information content (AvgIpc) is 2.93. The van der Waals surface area contributed by atoms with Crippen LogP contribution in [-0.2, 0) is 6.42 Å². The summed E-state index contributed by atoms with van der Waals surface area (Å²) in [6, 6.07) is 14.0. The molecule has 0 radical (unpaired) electrons. The standard InChI is InChI=1S/C17H16BrNO2/c1-20-13-6-5-11-3-2-4-12(14(11)10-13)9-16(19)17-15(18)7-8-21-17/h2-8,10,16H,9,19H2,1H3. The van der Waals surface area contributed by atoms with Crippen LogP contribution in [-0.4, -0.2) is 7.11 Å². The number of hydrogen-bond acceptors (Lipinski definition) is 3. The largest absolute Gasteiger partial charge is 0.497 e. The molecule has 0 aliphatic rings. The lowest BCUT2D eigenvalue weighted by molar-refractivity contribution is 0.415. The summed E-state index contributed by atoms with van der Waals surface area (Å²) >= 11 is 3.46. The molecule has 2 N–H and O–H groups in total. The van der Waals surface area contributed by atoms with Crippen molar-refractivity contribution >= 4 is 26.7 Å². The van der Waals surface area contributed by atoms with Crippen LogP contribution in [0.25, 0.3) is 10.8 Å². The average molecular weight is 346 g/mol. The molecule has 108 valence electrons. The predicted octanol–water partition coefficient (Wildman–Crippen LogP) is 4.45. The molecular formula is C17H16BrNO2. The van der Waals surface area contributed by atoms with E-state index in [2.05, 4.69) is 40.2 Å². The number of benzene rings is 2. The molecule has 1 heterocycles. The number of furan rings is 1. The number of fused-ring (bicyclic) bond motifs is 1. The topological polar surface area (TPSA) is 48.4 Å². The van der Waals surface area contributed by atoms with Crippen LogP contribution >= 0.6 is 15.9 Å². The zero-order chi connectivity index (χ0) is 14.8. The summed E-state index contributed by atoms with van der Waals surface area (Å²) in [6.07, 6.45) is 2.35. The Morgan fingerprint density at radius 3 is 2.81 bits per heavy atom. The van der Waals surface area contributed by atoms with Crippen LogP contribution in [0.15, 0.2) is 57.6 Å². The second kappa shape index (κ2) is 5.92. The highest BCUT2D eigenvalue weighted by molar-refractivity contribution is 9.10. The van der Waals surface area contributed by atoms with E-state index in [4.69, 9.17) is 14.9 Å². The Balaban J connectivity index is 1.98. The molecule has 2 aromatic carbocycles. The van der Waals surface area contributed by atoms with E-state index in [9.17, 15) is 0 Å². The van der Waals surface area contributed by atoms with Crippen molar-refractivity contribution in [2.24, 2.45) is 5.73 Å². The fourth-order valence-corrected chi connectivity index (χ4v) is 3.02. The van der Waals surface area contributed by atoms with Crippen LogP contribution in [0.2, 0.25) is 0 Å². The van der Waals surface area contributed by atoms with Gasteiger partial charge in [-0.05, 0) is 56.9 Å². The Hall–Kier alpha value is -1.78. The maximum absolute atomic E-state index is 6.28. The van der Waals surface area contributed by atoms with Gasteiger partial charge in [0.2, 0.25) is 0 Å². The van der Waals surface area contributed by atoms with Gasteiger partial charge in [0.15, 0.2) is 0 Å². The van der Waals surface area contributed by atoms with Crippen LogP contribution in [0.4, 0.5) is 0 Å². The molecule has 0 saturated heterocycles. The minimum absolute atomic E-state index is 0.189. The molecule has 0 aliphatic heterocycles. The second-order valence-electron chi connectivity index (χ2n) is 4.95. The first kappa shape index (κ1) is 14.2. The van der Waals surface area contributed by atoms with Gasteiger partial charge in [0, 0.05) is 0 Å². The third-order valence-corrected chi connectivity index (χ3v) is 4.26. The van der Waals surface area contributed by atoms with Gasteiger partial charge >= 0.3 is 0 Å². The van der Waals surface area contributed by atoms with Gasteiger partial charge in [-0.25, -0.2) is 0 Å².